The van der Waals surface area contributed by atoms with Crippen molar-refractivity contribution in [2.24, 2.45) is 0 Å². The van der Waals surface area contributed by atoms with E-state index in [0.29, 0.717) is 77.2 Å². The molecule has 2 heterocycles. The number of benzene rings is 4. The second-order valence-electron chi connectivity index (χ2n) is 12.4. The van der Waals surface area contributed by atoms with Crippen LogP contribution >= 0.6 is 62.3 Å². The number of methoxy groups -OCH3 is 1. The molecule has 0 bridgehead atoms. The molecule has 14 heteroatoms. The van der Waals surface area contributed by atoms with E-state index < -0.39 is 0 Å². The van der Waals surface area contributed by atoms with Gasteiger partial charge in [0, 0.05) is 34.3 Å². The summed E-state index contributed by atoms with van der Waals surface area (Å²) in [6.07, 6.45) is 1.54. The fraction of sp³-hybridized carbons (Fsp3) is 0.289. The summed E-state index contributed by atoms with van der Waals surface area (Å²) in [6, 6.07) is 13.3. The lowest BCUT2D eigenvalue weighted by atomic mass is 10.00. The number of ketones is 1. The topological polar surface area (TPSA) is 118 Å². The van der Waals surface area contributed by atoms with Crippen molar-refractivity contribution in [3.63, 3.8) is 0 Å². The second kappa shape index (κ2) is 17.6. The third kappa shape index (κ3) is 9.23. The van der Waals surface area contributed by atoms with E-state index >= 15 is 0 Å². The molecule has 0 fully saturated rings. The average Bonchev–Trinajstić information content (AvgIpc) is 3.12. The second-order valence-corrected chi connectivity index (χ2v) is 14.8. The SMILES string of the molecule is CC(=O)c1cc(C(=O)Nc2cc(Cl)c3c(c2Cl)CNCC3)ccc1OC(C)C.COc1ccc(C(=O)Nc2cc(Cl)c3c(c2Cl)CNCC3)cc1Br. The number of anilines is 2. The molecule has 0 unspecified atom stereocenters. The van der Waals surface area contributed by atoms with Crippen LogP contribution in [0, 0.1) is 0 Å². The zero-order chi connectivity index (χ0) is 37.7. The summed E-state index contributed by atoms with van der Waals surface area (Å²) in [4.78, 5) is 37.3. The standard InChI is InChI=1S/C21H22Cl2N2O3.C17H15BrCl2N2O2/c1-11(2)28-19-5-4-13(8-15(19)12(3)26)21(27)25-18-9-17(22)14-6-7-24-10-16(14)20(18)23;1-24-15-3-2-9(6-12(15)18)17(23)22-14-7-13(19)10-4-5-21-8-11(10)16(14)20/h4-5,8-9,11,24H,6-7,10H2,1-3H3,(H,25,27);2-3,6-7,21H,4-5,8H2,1H3,(H,22,23). The lowest BCUT2D eigenvalue weighted by molar-refractivity contribution is 0.100. The van der Waals surface area contributed by atoms with Gasteiger partial charge in [-0.25, -0.2) is 0 Å². The average molecular weight is 851 g/mol. The van der Waals surface area contributed by atoms with Gasteiger partial charge in [0.15, 0.2) is 5.78 Å². The van der Waals surface area contributed by atoms with Crippen LogP contribution in [-0.4, -0.2) is 43.9 Å². The maximum atomic E-state index is 12.8. The fourth-order valence-electron chi connectivity index (χ4n) is 5.88. The van der Waals surface area contributed by atoms with Gasteiger partial charge in [0.25, 0.3) is 11.8 Å². The largest absolute Gasteiger partial charge is 0.496 e. The van der Waals surface area contributed by atoms with E-state index in [1.165, 1.54) is 13.0 Å². The van der Waals surface area contributed by atoms with Gasteiger partial charge in [0.1, 0.15) is 11.5 Å². The van der Waals surface area contributed by atoms with Crippen molar-refractivity contribution in [1.29, 1.82) is 0 Å². The van der Waals surface area contributed by atoms with Gasteiger partial charge >= 0.3 is 0 Å². The third-order valence-electron chi connectivity index (χ3n) is 8.45. The van der Waals surface area contributed by atoms with Crippen LogP contribution in [0.3, 0.4) is 0 Å². The Bertz CT molecular complexity index is 2040. The van der Waals surface area contributed by atoms with Gasteiger partial charge in [-0.1, -0.05) is 46.4 Å². The highest BCUT2D eigenvalue weighted by Gasteiger charge is 2.22. The van der Waals surface area contributed by atoms with Crippen molar-refractivity contribution in [2.75, 3.05) is 30.8 Å². The lowest BCUT2D eigenvalue weighted by Gasteiger charge is -2.22. The van der Waals surface area contributed by atoms with Gasteiger partial charge in [-0.2, -0.15) is 0 Å². The van der Waals surface area contributed by atoms with Crippen LogP contribution in [0.1, 0.15) is 74.1 Å². The highest BCUT2D eigenvalue weighted by atomic mass is 79.9. The van der Waals surface area contributed by atoms with Gasteiger partial charge in [-0.15, -0.1) is 0 Å². The summed E-state index contributed by atoms with van der Waals surface area (Å²) < 4.78 is 11.5. The predicted octanol–water partition coefficient (Wildman–Crippen LogP) is 9.54. The van der Waals surface area contributed by atoms with Crippen LogP contribution < -0.4 is 30.7 Å². The number of ether oxygens (including phenoxy) is 2. The highest BCUT2D eigenvalue weighted by Crippen LogP contribution is 2.38. The molecule has 0 aliphatic carbocycles. The fourth-order valence-corrected chi connectivity index (χ4v) is 7.62. The summed E-state index contributed by atoms with van der Waals surface area (Å²) in [6.45, 7) is 8.15. The maximum absolute atomic E-state index is 12.8. The summed E-state index contributed by atoms with van der Waals surface area (Å²) in [5.74, 6) is 0.305. The molecular formula is C38H37BrCl4N4O5. The van der Waals surface area contributed by atoms with Gasteiger partial charge in [0.05, 0.1) is 44.7 Å². The molecule has 0 saturated heterocycles. The third-order valence-corrected chi connectivity index (χ3v) is 10.6. The number of carbonyl (C=O) groups excluding carboxylic acids is 3. The number of Topliss-reactive ketones (excluding diaryl/α,β-unsaturated/α-hetero) is 1. The normalized spacial score (nSPS) is 13.3. The Hall–Kier alpha value is -3.35. The molecule has 6 rings (SSSR count). The van der Waals surface area contributed by atoms with Crippen molar-refractivity contribution in [3.05, 3.63) is 112 Å². The number of halogens is 5. The minimum atomic E-state index is -0.375. The number of hydrogen-bond acceptors (Lipinski definition) is 7. The number of amides is 2. The summed E-state index contributed by atoms with van der Waals surface area (Å²) in [5.41, 5.74) is 6.06. The van der Waals surface area contributed by atoms with E-state index in [1.807, 2.05) is 13.8 Å². The minimum absolute atomic E-state index is 0.0807. The molecule has 2 amide bonds. The monoisotopic (exact) mass is 848 g/mol. The molecule has 0 radical (unpaired) electrons. The molecule has 4 aromatic carbocycles. The van der Waals surface area contributed by atoms with Crippen molar-refractivity contribution in [3.8, 4) is 11.5 Å². The molecule has 2 aliphatic rings. The van der Waals surface area contributed by atoms with Gasteiger partial charge in [-0.3, -0.25) is 14.4 Å². The lowest BCUT2D eigenvalue weighted by Crippen LogP contribution is -2.25. The van der Waals surface area contributed by atoms with Crippen molar-refractivity contribution < 1.29 is 23.9 Å². The molecule has 4 aromatic rings. The zero-order valence-electron chi connectivity index (χ0n) is 28.9. The van der Waals surface area contributed by atoms with Crippen LogP contribution in [0.15, 0.2) is 53.0 Å². The van der Waals surface area contributed by atoms with E-state index in [9.17, 15) is 14.4 Å². The maximum Gasteiger partial charge on any atom is 0.255 e. The van der Waals surface area contributed by atoms with Crippen molar-refractivity contribution in [2.45, 2.75) is 52.8 Å². The van der Waals surface area contributed by atoms with Crippen LogP contribution in [0.4, 0.5) is 11.4 Å². The molecule has 9 nitrogen and oxygen atoms in total. The number of rotatable bonds is 8. The highest BCUT2D eigenvalue weighted by molar-refractivity contribution is 9.10. The minimum Gasteiger partial charge on any atom is -0.496 e. The Labute approximate surface area is 331 Å². The summed E-state index contributed by atoms with van der Waals surface area (Å²) >= 11 is 29.1. The first-order valence-electron chi connectivity index (χ1n) is 16.5. The number of hydrogen-bond donors (Lipinski definition) is 4. The van der Waals surface area contributed by atoms with Crippen LogP contribution in [-0.2, 0) is 25.9 Å². The molecular weight excluding hydrogens is 814 g/mol. The molecule has 0 atom stereocenters. The molecule has 274 valence electrons. The Morgan fingerprint density at radius 2 is 1.21 bits per heavy atom. The summed E-state index contributed by atoms with van der Waals surface area (Å²) in [7, 11) is 1.57. The van der Waals surface area contributed by atoms with Crippen LogP contribution in [0.2, 0.25) is 20.1 Å². The molecule has 52 heavy (non-hydrogen) atoms. The van der Waals surface area contributed by atoms with E-state index in [-0.39, 0.29) is 23.7 Å². The predicted molar refractivity (Wildman–Crippen MR) is 213 cm³/mol. The Morgan fingerprint density at radius 1 is 0.731 bits per heavy atom. The van der Waals surface area contributed by atoms with Crippen LogP contribution in [0.5, 0.6) is 11.5 Å². The first kappa shape index (κ1) is 39.8. The van der Waals surface area contributed by atoms with Crippen LogP contribution in [0.25, 0.3) is 0 Å². The van der Waals surface area contributed by atoms with Gasteiger partial charge < -0.3 is 30.7 Å². The molecule has 0 saturated carbocycles. The van der Waals surface area contributed by atoms with Crippen molar-refractivity contribution in [1.82, 2.24) is 10.6 Å². The first-order valence-corrected chi connectivity index (χ1v) is 18.8. The molecule has 4 N–H and O–H groups in total. The van der Waals surface area contributed by atoms with Gasteiger partial charge in [-0.05, 0) is 133 Å². The number of fused-ring (bicyclic) bond motifs is 2. The first-order chi connectivity index (χ1) is 24.8. The smallest absolute Gasteiger partial charge is 0.255 e. The van der Waals surface area contributed by atoms with E-state index in [0.717, 1.165) is 48.2 Å². The van der Waals surface area contributed by atoms with Gasteiger partial charge in [0.2, 0.25) is 0 Å². The molecule has 2 aliphatic heterocycles. The molecule has 0 aromatic heterocycles. The van der Waals surface area contributed by atoms with E-state index in [2.05, 4.69) is 37.2 Å². The Morgan fingerprint density at radius 3 is 1.65 bits per heavy atom. The van der Waals surface area contributed by atoms with E-state index in [1.54, 1.807) is 49.6 Å². The number of carbonyl (C=O) groups is 3. The van der Waals surface area contributed by atoms with E-state index in [4.69, 9.17) is 55.9 Å². The number of nitrogens with one attached hydrogen (secondary N) is 4. The Kier molecular flexibility index (Phi) is 13.5. The Balaban J connectivity index is 0.000000203. The van der Waals surface area contributed by atoms with Crippen molar-refractivity contribution >= 4 is 91.3 Å². The summed E-state index contributed by atoms with van der Waals surface area (Å²) in [5, 5.41) is 14.4. The quantitative estimate of drug-likeness (QED) is 0.131. The zero-order valence-corrected chi connectivity index (χ0v) is 33.5. The molecule has 0 spiro atoms.